The molecular formula is C15H22FNO2. The van der Waals surface area contributed by atoms with Crippen LogP contribution in [0.2, 0.25) is 0 Å². The van der Waals surface area contributed by atoms with Gasteiger partial charge in [0.15, 0.2) is 0 Å². The average molecular weight is 267 g/mol. The molecule has 4 heteroatoms. The highest BCUT2D eigenvalue weighted by atomic mass is 19.1. The lowest BCUT2D eigenvalue weighted by atomic mass is 9.90. The first-order valence-electron chi connectivity index (χ1n) is 6.89. The van der Waals surface area contributed by atoms with Gasteiger partial charge in [0.1, 0.15) is 5.82 Å². The van der Waals surface area contributed by atoms with E-state index in [0.29, 0.717) is 11.3 Å². The zero-order chi connectivity index (χ0) is 14.0. The SMILES string of the molecule is CC(O)c1cccc(F)c1N(C)C1CCCCC1O. The summed E-state index contributed by atoms with van der Waals surface area (Å²) in [6, 6.07) is 4.65. The lowest BCUT2D eigenvalue weighted by molar-refractivity contribution is 0.105. The van der Waals surface area contributed by atoms with Crippen molar-refractivity contribution < 1.29 is 14.6 Å². The van der Waals surface area contributed by atoms with Crippen LogP contribution in [0.4, 0.5) is 10.1 Å². The van der Waals surface area contributed by atoms with E-state index < -0.39 is 12.2 Å². The molecule has 3 unspecified atom stereocenters. The summed E-state index contributed by atoms with van der Waals surface area (Å²) in [4.78, 5) is 1.79. The number of nitrogens with zero attached hydrogens (tertiary/aromatic N) is 1. The van der Waals surface area contributed by atoms with Crippen LogP contribution < -0.4 is 4.90 Å². The summed E-state index contributed by atoms with van der Waals surface area (Å²) in [5.74, 6) is -0.348. The molecule has 0 heterocycles. The van der Waals surface area contributed by atoms with Gasteiger partial charge in [-0.25, -0.2) is 4.39 Å². The average Bonchev–Trinajstić information content (AvgIpc) is 2.38. The van der Waals surface area contributed by atoms with Crippen LogP contribution in [0.5, 0.6) is 0 Å². The molecule has 106 valence electrons. The van der Waals surface area contributed by atoms with E-state index >= 15 is 0 Å². The molecule has 0 bridgehead atoms. The van der Waals surface area contributed by atoms with Gasteiger partial charge < -0.3 is 15.1 Å². The van der Waals surface area contributed by atoms with Gasteiger partial charge in [-0.2, -0.15) is 0 Å². The maximum absolute atomic E-state index is 14.1. The Labute approximate surface area is 113 Å². The van der Waals surface area contributed by atoms with Crippen molar-refractivity contribution in [1.29, 1.82) is 0 Å². The summed E-state index contributed by atoms with van der Waals surface area (Å²) >= 11 is 0. The normalized spacial score (nSPS) is 25.1. The molecule has 3 nitrogen and oxygen atoms in total. The number of likely N-dealkylation sites (N-methyl/N-ethyl adjacent to an activating group) is 1. The highest BCUT2D eigenvalue weighted by Crippen LogP contribution is 2.33. The van der Waals surface area contributed by atoms with E-state index in [9.17, 15) is 14.6 Å². The Balaban J connectivity index is 2.34. The third kappa shape index (κ3) is 2.90. The number of hydrogen-bond acceptors (Lipinski definition) is 3. The quantitative estimate of drug-likeness (QED) is 0.884. The molecule has 3 atom stereocenters. The van der Waals surface area contributed by atoms with Gasteiger partial charge in [-0.1, -0.05) is 25.0 Å². The molecule has 1 aromatic carbocycles. The van der Waals surface area contributed by atoms with E-state index in [1.54, 1.807) is 31.0 Å². The molecule has 1 fully saturated rings. The topological polar surface area (TPSA) is 43.7 Å². The Hall–Kier alpha value is -1.13. The molecule has 0 aliphatic heterocycles. The minimum Gasteiger partial charge on any atom is -0.391 e. The van der Waals surface area contributed by atoms with Gasteiger partial charge in [0.2, 0.25) is 0 Å². The second kappa shape index (κ2) is 5.88. The highest BCUT2D eigenvalue weighted by Gasteiger charge is 2.29. The highest BCUT2D eigenvalue weighted by molar-refractivity contribution is 5.56. The monoisotopic (exact) mass is 267 g/mol. The van der Waals surface area contributed by atoms with Crippen LogP contribution in [0.25, 0.3) is 0 Å². The number of aliphatic hydroxyl groups excluding tert-OH is 2. The van der Waals surface area contributed by atoms with Gasteiger partial charge in [0.25, 0.3) is 0 Å². The number of para-hydroxylation sites is 1. The van der Waals surface area contributed by atoms with Gasteiger partial charge in [-0.05, 0) is 25.8 Å². The smallest absolute Gasteiger partial charge is 0.146 e. The van der Waals surface area contributed by atoms with Crippen molar-refractivity contribution in [3.63, 3.8) is 0 Å². The lowest BCUT2D eigenvalue weighted by Gasteiger charge is -2.38. The van der Waals surface area contributed by atoms with E-state index in [2.05, 4.69) is 0 Å². The van der Waals surface area contributed by atoms with Crippen LogP contribution in [0, 0.1) is 5.82 Å². The fourth-order valence-electron chi connectivity index (χ4n) is 2.95. The zero-order valence-electron chi connectivity index (χ0n) is 11.5. The number of halogens is 1. The number of rotatable bonds is 3. The number of anilines is 1. The van der Waals surface area contributed by atoms with E-state index in [1.165, 1.54) is 6.07 Å². The van der Waals surface area contributed by atoms with Gasteiger partial charge >= 0.3 is 0 Å². The second-order valence-electron chi connectivity index (χ2n) is 5.38. The molecule has 1 aliphatic rings. The Morgan fingerprint density at radius 2 is 2.00 bits per heavy atom. The van der Waals surface area contributed by atoms with Crippen LogP contribution in [-0.4, -0.2) is 29.4 Å². The Bertz CT molecular complexity index is 436. The first kappa shape index (κ1) is 14.3. The minimum atomic E-state index is -0.728. The zero-order valence-corrected chi connectivity index (χ0v) is 11.5. The van der Waals surface area contributed by atoms with Crippen molar-refractivity contribution in [3.05, 3.63) is 29.6 Å². The van der Waals surface area contributed by atoms with Gasteiger partial charge in [0, 0.05) is 12.6 Å². The summed E-state index contributed by atoms with van der Waals surface area (Å²) in [6.07, 6.45) is 2.52. The standard InChI is InChI=1S/C15H22FNO2/c1-10(18)11-6-5-7-12(16)15(11)17(2)13-8-3-4-9-14(13)19/h5-7,10,13-14,18-19H,3-4,8-9H2,1-2H3. The molecule has 1 aromatic rings. The van der Waals surface area contributed by atoms with E-state index in [4.69, 9.17) is 0 Å². The Morgan fingerprint density at radius 3 is 2.63 bits per heavy atom. The molecule has 0 radical (unpaired) electrons. The van der Waals surface area contributed by atoms with Crippen LogP contribution in [0.15, 0.2) is 18.2 Å². The second-order valence-corrected chi connectivity index (χ2v) is 5.38. The first-order valence-corrected chi connectivity index (χ1v) is 6.89. The molecule has 19 heavy (non-hydrogen) atoms. The van der Waals surface area contributed by atoms with Crippen LogP contribution >= 0.6 is 0 Å². The Morgan fingerprint density at radius 1 is 1.32 bits per heavy atom. The summed E-state index contributed by atoms with van der Waals surface area (Å²) in [5, 5.41) is 19.9. The van der Waals surface area contributed by atoms with Crippen LogP contribution in [0.1, 0.15) is 44.3 Å². The molecule has 2 rings (SSSR count). The maximum atomic E-state index is 14.1. The maximum Gasteiger partial charge on any atom is 0.146 e. The third-order valence-corrected chi connectivity index (χ3v) is 4.01. The molecule has 0 aromatic heterocycles. The molecule has 0 saturated heterocycles. The Kier molecular flexibility index (Phi) is 4.42. The first-order chi connectivity index (χ1) is 9.02. The van der Waals surface area contributed by atoms with Crippen LogP contribution in [-0.2, 0) is 0 Å². The van der Waals surface area contributed by atoms with Crippen molar-refractivity contribution >= 4 is 5.69 Å². The van der Waals surface area contributed by atoms with Crippen molar-refractivity contribution in [3.8, 4) is 0 Å². The van der Waals surface area contributed by atoms with Crippen molar-refractivity contribution in [2.45, 2.75) is 50.9 Å². The summed E-state index contributed by atoms with van der Waals surface area (Å²) in [6.45, 7) is 1.63. The minimum absolute atomic E-state index is 0.0804. The fraction of sp³-hybridized carbons (Fsp3) is 0.600. The van der Waals surface area contributed by atoms with E-state index in [1.807, 2.05) is 0 Å². The fourth-order valence-corrected chi connectivity index (χ4v) is 2.95. The predicted octanol–water partition coefficient (Wildman–Crippen LogP) is 2.62. The predicted molar refractivity (Wildman–Crippen MR) is 73.7 cm³/mol. The summed E-state index contributed by atoms with van der Waals surface area (Å²) < 4.78 is 14.1. The van der Waals surface area contributed by atoms with Crippen molar-refractivity contribution in [2.24, 2.45) is 0 Å². The van der Waals surface area contributed by atoms with Gasteiger partial charge in [0.05, 0.1) is 23.9 Å². The van der Waals surface area contributed by atoms with Crippen molar-refractivity contribution in [1.82, 2.24) is 0 Å². The third-order valence-electron chi connectivity index (χ3n) is 4.01. The summed E-state index contributed by atoms with van der Waals surface area (Å²) in [7, 11) is 1.80. The largest absolute Gasteiger partial charge is 0.391 e. The molecule has 0 spiro atoms. The lowest BCUT2D eigenvalue weighted by Crippen LogP contribution is -2.44. The molecule has 1 saturated carbocycles. The molecule has 2 N–H and O–H groups in total. The van der Waals surface area contributed by atoms with E-state index in [-0.39, 0.29) is 11.9 Å². The van der Waals surface area contributed by atoms with Crippen molar-refractivity contribution in [2.75, 3.05) is 11.9 Å². The molecule has 0 amide bonds. The number of hydrogen-bond donors (Lipinski definition) is 2. The molecule has 1 aliphatic carbocycles. The van der Waals surface area contributed by atoms with E-state index in [0.717, 1.165) is 25.7 Å². The molecular weight excluding hydrogens is 245 g/mol. The van der Waals surface area contributed by atoms with Crippen LogP contribution in [0.3, 0.4) is 0 Å². The summed E-state index contributed by atoms with van der Waals surface area (Å²) in [5.41, 5.74) is 0.976. The number of benzene rings is 1. The van der Waals surface area contributed by atoms with Gasteiger partial charge in [-0.3, -0.25) is 0 Å². The number of aliphatic hydroxyl groups is 2. The van der Waals surface area contributed by atoms with Gasteiger partial charge in [-0.15, -0.1) is 0 Å².